The predicted octanol–water partition coefficient (Wildman–Crippen LogP) is 0.496. The Morgan fingerprint density at radius 2 is 2.00 bits per heavy atom. The molecule has 0 aromatic heterocycles. The number of carbonyl (C=O) groups excluding carboxylic acids is 1. The lowest BCUT2D eigenvalue weighted by atomic mass is 10.1. The Kier molecular flexibility index (Phi) is 3.91. The third-order valence-electron chi connectivity index (χ3n) is 3.20. The molecule has 92 valence electrons. The third-order valence-corrected chi connectivity index (χ3v) is 3.20. The van der Waals surface area contributed by atoms with E-state index in [0.717, 1.165) is 6.42 Å². The van der Waals surface area contributed by atoms with Gasteiger partial charge in [0.2, 0.25) is 5.91 Å². The first kappa shape index (κ1) is 13.0. The first-order chi connectivity index (χ1) is 7.42. The lowest BCUT2D eigenvalue weighted by Crippen LogP contribution is -2.28. The number of carboxylic acids is 1. The van der Waals surface area contributed by atoms with Gasteiger partial charge in [-0.1, -0.05) is 13.8 Å². The zero-order chi connectivity index (χ0) is 12.3. The molecular formula is C11H19NO4. The molecule has 0 aromatic rings. The van der Waals surface area contributed by atoms with Gasteiger partial charge in [-0.05, 0) is 11.8 Å². The molecule has 0 heterocycles. The normalized spacial score (nSPS) is 26.2. The molecule has 0 aromatic carbocycles. The van der Waals surface area contributed by atoms with E-state index < -0.39 is 23.2 Å². The second-order valence-corrected chi connectivity index (χ2v) is 4.75. The van der Waals surface area contributed by atoms with E-state index in [1.165, 1.54) is 0 Å². The van der Waals surface area contributed by atoms with Crippen molar-refractivity contribution in [1.82, 2.24) is 5.32 Å². The summed E-state index contributed by atoms with van der Waals surface area (Å²) in [6.07, 6.45) is 0.743. The summed E-state index contributed by atoms with van der Waals surface area (Å²) in [6, 6.07) is 0. The standard InChI is InChI=1S/C11H19NO4/c1-11(2)7(8(11)10(14)15)9(13)12-5-4-6-16-3/h7-8H,4-6H2,1-3H3,(H,12,13)(H,14,15). The van der Waals surface area contributed by atoms with E-state index in [-0.39, 0.29) is 5.91 Å². The largest absolute Gasteiger partial charge is 0.481 e. The molecule has 2 unspecified atom stereocenters. The van der Waals surface area contributed by atoms with Crippen LogP contribution in [0.5, 0.6) is 0 Å². The summed E-state index contributed by atoms with van der Waals surface area (Å²) in [5.41, 5.74) is -0.419. The molecule has 1 aliphatic rings. The van der Waals surface area contributed by atoms with Gasteiger partial charge in [-0.25, -0.2) is 0 Å². The fourth-order valence-electron chi connectivity index (χ4n) is 2.13. The lowest BCUT2D eigenvalue weighted by molar-refractivity contribution is -0.140. The van der Waals surface area contributed by atoms with Gasteiger partial charge in [0.1, 0.15) is 0 Å². The summed E-state index contributed by atoms with van der Waals surface area (Å²) in [6.45, 7) is 4.75. The van der Waals surface area contributed by atoms with Crippen LogP contribution in [0.1, 0.15) is 20.3 Å². The van der Waals surface area contributed by atoms with Crippen LogP contribution in [-0.4, -0.2) is 37.2 Å². The van der Waals surface area contributed by atoms with Crippen molar-refractivity contribution >= 4 is 11.9 Å². The Morgan fingerprint density at radius 1 is 1.38 bits per heavy atom. The molecule has 0 radical (unpaired) electrons. The summed E-state index contributed by atoms with van der Waals surface area (Å²) >= 11 is 0. The molecule has 0 aliphatic heterocycles. The van der Waals surface area contributed by atoms with E-state index in [4.69, 9.17) is 9.84 Å². The van der Waals surface area contributed by atoms with E-state index >= 15 is 0 Å². The van der Waals surface area contributed by atoms with Gasteiger partial charge in [-0.15, -0.1) is 0 Å². The number of rotatable bonds is 6. The van der Waals surface area contributed by atoms with Crippen molar-refractivity contribution in [3.05, 3.63) is 0 Å². The zero-order valence-electron chi connectivity index (χ0n) is 9.95. The van der Waals surface area contributed by atoms with Crippen molar-refractivity contribution in [2.75, 3.05) is 20.3 Å². The van der Waals surface area contributed by atoms with E-state index in [0.29, 0.717) is 13.2 Å². The molecule has 1 fully saturated rings. The van der Waals surface area contributed by atoms with Crippen LogP contribution in [0.3, 0.4) is 0 Å². The third kappa shape index (κ3) is 2.52. The van der Waals surface area contributed by atoms with E-state index in [9.17, 15) is 9.59 Å². The highest BCUT2D eigenvalue weighted by Gasteiger charge is 2.65. The van der Waals surface area contributed by atoms with Crippen molar-refractivity contribution in [3.8, 4) is 0 Å². The van der Waals surface area contributed by atoms with Gasteiger partial charge in [0.15, 0.2) is 0 Å². The summed E-state index contributed by atoms with van der Waals surface area (Å²) < 4.78 is 4.85. The molecule has 5 nitrogen and oxygen atoms in total. The Bertz CT molecular complexity index is 288. The van der Waals surface area contributed by atoms with Gasteiger partial charge in [0.25, 0.3) is 0 Å². The van der Waals surface area contributed by atoms with Gasteiger partial charge >= 0.3 is 5.97 Å². The summed E-state index contributed by atoms with van der Waals surface area (Å²) in [5.74, 6) is -1.99. The van der Waals surface area contributed by atoms with E-state index in [1.54, 1.807) is 7.11 Å². The first-order valence-corrected chi connectivity index (χ1v) is 5.42. The van der Waals surface area contributed by atoms with Gasteiger partial charge in [-0.3, -0.25) is 9.59 Å². The zero-order valence-corrected chi connectivity index (χ0v) is 9.95. The number of methoxy groups -OCH3 is 1. The molecule has 0 saturated heterocycles. The van der Waals surface area contributed by atoms with Gasteiger partial charge in [-0.2, -0.15) is 0 Å². The molecule has 1 saturated carbocycles. The number of aliphatic carboxylic acids is 1. The van der Waals surface area contributed by atoms with Crippen molar-refractivity contribution in [2.45, 2.75) is 20.3 Å². The molecule has 0 spiro atoms. The quantitative estimate of drug-likeness (QED) is 0.650. The molecule has 1 aliphatic carbocycles. The molecule has 1 amide bonds. The second kappa shape index (κ2) is 4.82. The van der Waals surface area contributed by atoms with Gasteiger partial charge < -0.3 is 15.2 Å². The summed E-state index contributed by atoms with van der Waals surface area (Å²) in [7, 11) is 1.60. The van der Waals surface area contributed by atoms with Crippen LogP contribution < -0.4 is 5.32 Å². The molecule has 16 heavy (non-hydrogen) atoms. The van der Waals surface area contributed by atoms with Gasteiger partial charge in [0.05, 0.1) is 11.8 Å². The van der Waals surface area contributed by atoms with E-state index in [1.807, 2.05) is 13.8 Å². The lowest BCUT2D eigenvalue weighted by Gasteiger charge is -2.05. The van der Waals surface area contributed by atoms with Crippen LogP contribution in [0.15, 0.2) is 0 Å². The number of ether oxygens (including phenoxy) is 1. The SMILES string of the molecule is COCCCNC(=O)C1C(C(=O)O)C1(C)C. The minimum Gasteiger partial charge on any atom is -0.481 e. The summed E-state index contributed by atoms with van der Waals surface area (Å²) in [5, 5.41) is 11.7. The predicted molar refractivity (Wildman–Crippen MR) is 57.9 cm³/mol. The molecule has 1 rings (SSSR count). The Morgan fingerprint density at radius 3 is 2.44 bits per heavy atom. The Balaban J connectivity index is 2.36. The minimum atomic E-state index is -0.887. The molecule has 0 bridgehead atoms. The monoisotopic (exact) mass is 229 g/mol. The van der Waals surface area contributed by atoms with Crippen LogP contribution in [0.2, 0.25) is 0 Å². The maximum Gasteiger partial charge on any atom is 0.307 e. The number of carboxylic acid groups (broad SMARTS) is 1. The van der Waals surface area contributed by atoms with Crippen LogP contribution >= 0.6 is 0 Å². The molecule has 2 atom stereocenters. The first-order valence-electron chi connectivity index (χ1n) is 5.42. The van der Waals surface area contributed by atoms with Crippen molar-refractivity contribution in [2.24, 2.45) is 17.3 Å². The highest BCUT2D eigenvalue weighted by Crippen LogP contribution is 2.58. The van der Waals surface area contributed by atoms with Crippen LogP contribution in [0.4, 0.5) is 0 Å². The van der Waals surface area contributed by atoms with Crippen molar-refractivity contribution < 1.29 is 19.4 Å². The fourth-order valence-corrected chi connectivity index (χ4v) is 2.13. The van der Waals surface area contributed by atoms with Crippen LogP contribution in [0, 0.1) is 17.3 Å². The molecular weight excluding hydrogens is 210 g/mol. The average Bonchev–Trinajstić information content (AvgIpc) is 2.76. The maximum absolute atomic E-state index is 11.7. The van der Waals surface area contributed by atoms with Crippen molar-refractivity contribution in [1.29, 1.82) is 0 Å². The molecule has 2 N–H and O–H groups in total. The fraction of sp³-hybridized carbons (Fsp3) is 0.818. The highest BCUT2D eigenvalue weighted by molar-refractivity contribution is 5.91. The van der Waals surface area contributed by atoms with Gasteiger partial charge in [0, 0.05) is 20.3 Å². The topological polar surface area (TPSA) is 75.6 Å². The van der Waals surface area contributed by atoms with Crippen LogP contribution in [0.25, 0.3) is 0 Å². The molecule has 5 heteroatoms. The maximum atomic E-state index is 11.7. The number of amides is 1. The number of nitrogens with one attached hydrogen (secondary N) is 1. The smallest absolute Gasteiger partial charge is 0.307 e. The number of hydrogen-bond donors (Lipinski definition) is 2. The average molecular weight is 229 g/mol. The Labute approximate surface area is 95.2 Å². The van der Waals surface area contributed by atoms with Crippen molar-refractivity contribution in [3.63, 3.8) is 0 Å². The number of hydrogen-bond acceptors (Lipinski definition) is 3. The Hall–Kier alpha value is -1.10. The van der Waals surface area contributed by atoms with Crippen LogP contribution in [-0.2, 0) is 14.3 Å². The number of carbonyl (C=O) groups is 2. The highest BCUT2D eigenvalue weighted by atomic mass is 16.5. The second-order valence-electron chi connectivity index (χ2n) is 4.75. The summed E-state index contributed by atoms with van der Waals surface area (Å²) in [4.78, 5) is 22.6. The van der Waals surface area contributed by atoms with E-state index in [2.05, 4.69) is 5.32 Å². The minimum absolute atomic E-state index is 0.159.